The van der Waals surface area contributed by atoms with Gasteiger partial charge in [-0.1, -0.05) is 0 Å². The third kappa shape index (κ3) is 3.28. The van der Waals surface area contributed by atoms with E-state index in [9.17, 15) is 17.2 Å². The number of halogens is 3. The monoisotopic (exact) mass is 378 g/mol. The molecule has 1 aromatic carbocycles. The number of anilines is 2. The van der Waals surface area contributed by atoms with Crippen molar-refractivity contribution in [3.63, 3.8) is 0 Å². The first-order chi connectivity index (χ1) is 9.85. The van der Waals surface area contributed by atoms with Gasteiger partial charge in [0.2, 0.25) is 0 Å². The number of aromatic nitrogens is 1. The van der Waals surface area contributed by atoms with Crippen LogP contribution < -0.4 is 16.0 Å². The van der Waals surface area contributed by atoms with E-state index in [-0.39, 0.29) is 15.1 Å². The average molecular weight is 379 g/mol. The summed E-state index contributed by atoms with van der Waals surface area (Å²) in [5, 5.41) is 0. The summed E-state index contributed by atoms with van der Waals surface area (Å²) < 4.78 is 53.3. The lowest BCUT2D eigenvalue weighted by Gasteiger charge is -2.12. The Morgan fingerprint density at radius 1 is 1.19 bits per heavy atom. The van der Waals surface area contributed by atoms with Gasteiger partial charge in [-0.2, -0.15) is 0 Å². The molecule has 10 heteroatoms. The molecule has 112 valence electrons. The molecule has 0 saturated carbocycles. The molecule has 0 aliphatic rings. The summed E-state index contributed by atoms with van der Waals surface area (Å²) in [6.45, 7) is 0. The summed E-state index contributed by atoms with van der Waals surface area (Å²) in [5.74, 6) is 3.46. The molecule has 2 rings (SSSR count). The Balaban J connectivity index is 2.45. The van der Waals surface area contributed by atoms with Gasteiger partial charge in [0.15, 0.2) is 0 Å². The van der Waals surface area contributed by atoms with Crippen LogP contribution in [0.25, 0.3) is 0 Å². The van der Waals surface area contributed by atoms with Crippen LogP contribution in [0, 0.1) is 11.6 Å². The molecule has 0 aliphatic heterocycles. The molecule has 0 bridgehead atoms. The second-order valence-corrected chi connectivity index (χ2v) is 6.37. The van der Waals surface area contributed by atoms with Gasteiger partial charge in [0.25, 0.3) is 10.0 Å². The van der Waals surface area contributed by atoms with Crippen LogP contribution in [0.3, 0.4) is 0 Å². The summed E-state index contributed by atoms with van der Waals surface area (Å²) in [6, 6.07) is 2.87. The summed E-state index contributed by atoms with van der Waals surface area (Å²) in [4.78, 5) is 3.37. The van der Waals surface area contributed by atoms with E-state index in [4.69, 9.17) is 5.84 Å². The number of hydrogen-bond donors (Lipinski definition) is 3. The van der Waals surface area contributed by atoms with Crippen LogP contribution >= 0.6 is 15.9 Å². The van der Waals surface area contributed by atoms with Gasteiger partial charge in [0.1, 0.15) is 16.5 Å². The second kappa shape index (κ2) is 5.92. The first kappa shape index (κ1) is 15.6. The van der Waals surface area contributed by atoms with Gasteiger partial charge >= 0.3 is 0 Å². The number of hydrogen-bond acceptors (Lipinski definition) is 5. The zero-order valence-electron chi connectivity index (χ0n) is 10.3. The van der Waals surface area contributed by atoms with E-state index >= 15 is 0 Å². The maximum atomic E-state index is 13.7. The molecule has 1 heterocycles. The van der Waals surface area contributed by atoms with Gasteiger partial charge in [-0.05, 0) is 28.1 Å². The summed E-state index contributed by atoms with van der Waals surface area (Å²) in [7, 11) is -4.19. The standard InChI is InChI=1S/C11H9BrF2N4O2S/c12-6-3-8(14)10(4-7(6)13)18-21(19,20)11-5-16-2-1-9(11)17-15/h1-5,18H,15H2,(H,16,17). The number of pyridine rings is 1. The van der Waals surface area contributed by atoms with Crippen molar-refractivity contribution >= 4 is 37.3 Å². The molecule has 0 unspecified atom stereocenters. The molecule has 0 atom stereocenters. The van der Waals surface area contributed by atoms with Crippen molar-refractivity contribution in [3.05, 3.63) is 46.7 Å². The second-order valence-electron chi connectivity index (χ2n) is 3.87. The number of nitrogens with zero attached hydrogens (tertiary/aromatic N) is 1. The number of nitrogen functional groups attached to an aromatic ring is 1. The number of nitrogens with two attached hydrogens (primary N) is 1. The highest BCUT2D eigenvalue weighted by Crippen LogP contribution is 2.27. The van der Waals surface area contributed by atoms with Crippen LogP contribution in [0.5, 0.6) is 0 Å². The number of hydrazine groups is 1. The molecule has 21 heavy (non-hydrogen) atoms. The highest BCUT2D eigenvalue weighted by Gasteiger charge is 2.21. The van der Waals surface area contributed by atoms with Crippen LogP contribution in [-0.2, 0) is 10.0 Å². The van der Waals surface area contributed by atoms with Crippen LogP contribution in [0.15, 0.2) is 40.0 Å². The third-order valence-corrected chi connectivity index (χ3v) is 4.48. The van der Waals surface area contributed by atoms with E-state index in [1.54, 1.807) is 0 Å². The van der Waals surface area contributed by atoms with Gasteiger partial charge in [-0.25, -0.2) is 17.2 Å². The van der Waals surface area contributed by atoms with Gasteiger partial charge in [0.05, 0.1) is 15.8 Å². The Morgan fingerprint density at radius 3 is 2.57 bits per heavy atom. The quantitative estimate of drug-likeness (QED) is 0.430. The van der Waals surface area contributed by atoms with Gasteiger partial charge < -0.3 is 5.43 Å². The number of sulfonamides is 1. The van der Waals surface area contributed by atoms with Gasteiger partial charge in [-0.15, -0.1) is 0 Å². The van der Waals surface area contributed by atoms with E-state index in [0.717, 1.165) is 18.3 Å². The topological polar surface area (TPSA) is 97.1 Å². The first-order valence-corrected chi connectivity index (χ1v) is 7.71. The molecule has 1 aromatic heterocycles. The lowest BCUT2D eigenvalue weighted by molar-refractivity contribution is 0.591. The number of nitrogens with one attached hydrogen (secondary N) is 2. The van der Waals surface area contributed by atoms with Crippen LogP contribution in [0.1, 0.15) is 0 Å². The Morgan fingerprint density at radius 2 is 1.90 bits per heavy atom. The maximum Gasteiger partial charge on any atom is 0.265 e. The minimum atomic E-state index is -4.19. The predicted octanol–water partition coefficient (Wildman–Crippen LogP) is 2.21. The first-order valence-electron chi connectivity index (χ1n) is 5.43. The van der Waals surface area contributed by atoms with E-state index in [0.29, 0.717) is 0 Å². The van der Waals surface area contributed by atoms with E-state index < -0.39 is 27.3 Å². The Labute approximate surface area is 127 Å². The van der Waals surface area contributed by atoms with Crippen molar-refractivity contribution in [2.45, 2.75) is 4.90 Å². The van der Waals surface area contributed by atoms with E-state index in [2.05, 4.69) is 26.3 Å². The SMILES string of the molecule is NNc1ccncc1S(=O)(=O)Nc1cc(F)c(Br)cc1F. The molecule has 2 aromatic rings. The van der Waals surface area contributed by atoms with Crippen molar-refractivity contribution in [1.29, 1.82) is 0 Å². The fraction of sp³-hybridized carbons (Fsp3) is 0. The largest absolute Gasteiger partial charge is 0.323 e. The molecule has 6 nitrogen and oxygen atoms in total. The van der Waals surface area contributed by atoms with Crippen molar-refractivity contribution < 1.29 is 17.2 Å². The Hall–Kier alpha value is -1.78. The number of rotatable bonds is 4. The van der Waals surface area contributed by atoms with E-state index in [1.165, 1.54) is 12.3 Å². The van der Waals surface area contributed by atoms with E-state index in [1.807, 2.05) is 4.72 Å². The maximum absolute atomic E-state index is 13.7. The van der Waals surface area contributed by atoms with Gasteiger partial charge in [-0.3, -0.25) is 15.5 Å². The fourth-order valence-electron chi connectivity index (χ4n) is 1.51. The minimum absolute atomic E-state index is 0.0653. The highest BCUT2D eigenvalue weighted by molar-refractivity contribution is 9.10. The zero-order chi connectivity index (χ0) is 15.6. The zero-order valence-corrected chi connectivity index (χ0v) is 12.7. The molecular formula is C11H9BrF2N4O2S. The predicted molar refractivity (Wildman–Crippen MR) is 76.9 cm³/mol. The van der Waals surface area contributed by atoms with Crippen LogP contribution in [-0.4, -0.2) is 13.4 Å². The Kier molecular flexibility index (Phi) is 4.40. The fourth-order valence-corrected chi connectivity index (χ4v) is 3.00. The van der Waals surface area contributed by atoms with Crippen LogP contribution in [0.4, 0.5) is 20.2 Å². The molecule has 0 fully saturated rings. The molecule has 0 aliphatic carbocycles. The van der Waals surface area contributed by atoms with Gasteiger partial charge in [0, 0.05) is 18.5 Å². The lowest BCUT2D eigenvalue weighted by atomic mass is 10.3. The third-order valence-electron chi connectivity index (χ3n) is 2.48. The average Bonchev–Trinajstić information content (AvgIpc) is 2.44. The number of benzene rings is 1. The van der Waals surface area contributed by atoms with Crippen molar-refractivity contribution in [3.8, 4) is 0 Å². The molecule has 0 amide bonds. The normalized spacial score (nSPS) is 11.2. The smallest absolute Gasteiger partial charge is 0.265 e. The molecule has 0 spiro atoms. The summed E-state index contributed by atoms with van der Waals surface area (Å²) >= 11 is 2.80. The summed E-state index contributed by atoms with van der Waals surface area (Å²) in [6.07, 6.45) is 2.36. The minimum Gasteiger partial charge on any atom is -0.323 e. The van der Waals surface area contributed by atoms with Crippen LogP contribution in [0.2, 0.25) is 0 Å². The molecule has 0 saturated heterocycles. The van der Waals surface area contributed by atoms with Crippen molar-refractivity contribution in [2.24, 2.45) is 5.84 Å². The molecule has 0 radical (unpaired) electrons. The lowest BCUT2D eigenvalue weighted by Crippen LogP contribution is -2.18. The summed E-state index contributed by atoms with van der Waals surface area (Å²) in [5.41, 5.74) is 1.73. The Bertz CT molecular complexity index is 786. The highest BCUT2D eigenvalue weighted by atomic mass is 79.9. The van der Waals surface area contributed by atoms with Crippen molar-refractivity contribution in [2.75, 3.05) is 10.1 Å². The molecular weight excluding hydrogens is 370 g/mol. The molecule has 4 N–H and O–H groups in total. The van der Waals surface area contributed by atoms with Crippen molar-refractivity contribution in [1.82, 2.24) is 4.98 Å².